The van der Waals surface area contributed by atoms with Gasteiger partial charge in [-0.1, -0.05) is 12.1 Å². The van der Waals surface area contributed by atoms with E-state index >= 15 is 0 Å². The molecule has 0 aliphatic carbocycles. The molecule has 3 aromatic rings. The molecule has 4 heteroatoms. The van der Waals surface area contributed by atoms with Crippen molar-refractivity contribution in [3.05, 3.63) is 48.3 Å². The number of aromatic nitrogens is 2. The van der Waals surface area contributed by atoms with Gasteiger partial charge in [-0.25, -0.2) is 9.37 Å². The lowest BCUT2D eigenvalue weighted by Crippen LogP contribution is -1.93. The molecular formula is C15H14FN3. The molecule has 0 atom stereocenters. The number of aryl methyl sites for hydroxylation is 1. The fourth-order valence-corrected chi connectivity index (χ4v) is 2.23. The number of rotatable bonds is 2. The number of benzene rings is 2. The molecule has 1 aromatic heterocycles. The number of imidazole rings is 1. The number of anilines is 1. The molecule has 0 aliphatic rings. The molecule has 0 unspecified atom stereocenters. The van der Waals surface area contributed by atoms with Gasteiger partial charge in [0.05, 0.1) is 11.0 Å². The smallest absolute Gasteiger partial charge is 0.140 e. The highest BCUT2D eigenvalue weighted by Crippen LogP contribution is 2.25. The maximum Gasteiger partial charge on any atom is 0.140 e. The Labute approximate surface area is 110 Å². The van der Waals surface area contributed by atoms with Crippen LogP contribution in [0.2, 0.25) is 0 Å². The van der Waals surface area contributed by atoms with Crippen molar-refractivity contribution >= 4 is 16.7 Å². The Kier molecular flexibility index (Phi) is 2.71. The van der Waals surface area contributed by atoms with Crippen LogP contribution in [-0.4, -0.2) is 16.6 Å². The van der Waals surface area contributed by atoms with Gasteiger partial charge in [-0.3, -0.25) is 0 Å². The second-order valence-corrected chi connectivity index (χ2v) is 4.46. The molecule has 0 spiro atoms. The zero-order valence-corrected chi connectivity index (χ0v) is 10.8. The van der Waals surface area contributed by atoms with Gasteiger partial charge in [-0.15, -0.1) is 0 Å². The summed E-state index contributed by atoms with van der Waals surface area (Å²) >= 11 is 0. The second kappa shape index (κ2) is 4.39. The van der Waals surface area contributed by atoms with Crippen molar-refractivity contribution in [1.29, 1.82) is 0 Å². The molecule has 0 amide bonds. The Morgan fingerprint density at radius 3 is 2.74 bits per heavy atom. The molecule has 0 bridgehead atoms. The first kappa shape index (κ1) is 11.7. The molecule has 3 rings (SSSR count). The van der Waals surface area contributed by atoms with Gasteiger partial charge in [-0.05, 0) is 30.3 Å². The van der Waals surface area contributed by atoms with Crippen LogP contribution >= 0.6 is 0 Å². The summed E-state index contributed by atoms with van der Waals surface area (Å²) in [7, 11) is 3.82. The fourth-order valence-electron chi connectivity index (χ4n) is 2.23. The molecule has 2 aromatic carbocycles. The van der Waals surface area contributed by atoms with Crippen molar-refractivity contribution in [2.45, 2.75) is 0 Å². The third-order valence-corrected chi connectivity index (χ3v) is 3.25. The Morgan fingerprint density at radius 2 is 2.00 bits per heavy atom. The van der Waals surface area contributed by atoms with E-state index in [1.807, 2.05) is 42.9 Å². The molecule has 19 heavy (non-hydrogen) atoms. The van der Waals surface area contributed by atoms with E-state index in [2.05, 4.69) is 10.3 Å². The molecule has 1 heterocycles. The van der Waals surface area contributed by atoms with Crippen LogP contribution in [0, 0.1) is 5.82 Å². The quantitative estimate of drug-likeness (QED) is 0.760. The number of fused-ring (bicyclic) bond motifs is 1. The van der Waals surface area contributed by atoms with Gasteiger partial charge in [0, 0.05) is 25.3 Å². The second-order valence-electron chi connectivity index (χ2n) is 4.46. The van der Waals surface area contributed by atoms with E-state index in [1.165, 1.54) is 12.1 Å². The van der Waals surface area contributed by atoms with E-state index in [9.17, 15) is 4.39 Å². The van der Waals surface area contributed by atoms with Gasteiger partial charge in [0.2, 0.25) is 0 Å². The van der Waals surface area contributed by atoms with E-state index in [0.29, 0.717) is 0 Å². The van der Waals surface area contributed by atoms with Gasteiger partial charge in [0.1, 0.15) is 11.6 Å². The summed E-state index contributed by atoms with van der Waals surface area (Å²) in [6.45, 7) is 0. The average Bonchev–Trinajstić information content (AvgIpc) is 2.76. The van der Waals surface area contributed by atoms with E-state index < -0.39 is 0 Å². The summed E-state index contributed by atoms with van der Waals surface area (Å²) in [6.07, 6.45) is 0. The largest absolute Gasteiger partial charge is 0.388 e. The molecule has 0 saturated heterocycles. The summed E-state index contributed by atoms with van der Waals surface area (Å²) in [6, 6.07) is 12.5. The van der Waals surface area contributed by atoms with Crippen molar-refractivity contribution in [3.8, 4) is 11.4 Å². The lowest BCUT2D eigenvalue weighted by molar-refractivity contribution is 0.628. The third-order valence-electron chi connectivity index (χ3n) is 3.25. The summed E-state index contributed by atoms with van der Waals surface area (Å²) in [5.41, 5.74) is 3.73. The van der Waals surface area contributed by atoms with E-state index in [-0.39, 0.29) is 5.82 Å². The minimum Gasteiger partial charge on any atom is -0.388 e. The first-order valence-corrected chi connectivity index (χ1v) is 6.09. The number of hydrogen-bond acceptors (Lipinski definition) is 2. The van der Waals surface area contributed by atoms with Crippen LogP contribution in [-0.2, 0) is 7.05 Å². The molecule has 1 N–H and O–H groups in total. The molecule has 0 saturated carbocycles. The standard InChI is InChI=1S/C15H14FN3/c1-17-12-6-7-13-14(9-12)19(2)15(18-13)10-4-3-5-11(16)8-10/h3-9,17H,1-2H3. The van der Waals surface area contributed by atoms with Gasteiger partial charge >= 0.3 is 0 Å². The van der Waals surface area contributed by atoms with E-state index in [1.54, 1.807) is 6.07 Å². The van der Waals surface area contributed by atoms with Crippen LogP contribution in [0.15, 0.2) is 42.5 Å². The highest BCUT2D eigenvalue weighted by Gasteiger charge is 2.10. The summed E-state index contributed by atoms with van der Waals surface area (Å²) in [5.74, 6) is 0.517. The molecular weight excluding hydrogens is 241 g/mol. The highest BCUT2D eigenvalue weighted by atomic mass is 19.1. The summed E-state index contributed by atoms with van der Waals surface area (Å²) in [5, 5.41) is 3.10. The zero-order valence-electron chi connectivity index (χ0n) is 10.8. The Morgan fingerprint density at radius 1 is 1.16 bits per heavy atom. The lowest BCUT2D eigenvalue weighted by atomic mass is 10.2. The zero-order chi connectivity index (χ0) is 13.4. The minimum absolute atomic E-state index is 0.250. The van der Waals surface area contributed by atoms with Crippen molar-refractivity contribution in [1.82, 2.24) is 9.55 Å². The Bertz CT molecular complexity index is 746. The molecule has 96 valence electrons. The predicted molar refractivity (Wildman–Crippen MR) is 75.7 cm³/mol. The third kappa shape index (κ3) is 1.95. The molecule has 0 fully saturated rings. The van der Waals surface area contributed by atoms with Crippen molar-refractivity contribution in [3.63, 3.8) is 0 Å². The molecule has 0 aliphatic heterocycles. The summed E-state index contributed by atoms with van der Waals surface area (Å²) < 4.78 is 15.3. The highest BCUT2D eigenvalue weighted by molar-refractivity contribution is 5.83. The van der Waals surface area contributed by atoms with Gasteiger partial charge in [0.15, 0.2) is 0 Å². The van der Waals surface area contributed by atoms with E-state index in [4.69, 9.17) is 0 Å². The first-order valence-electron chi connectivity index (χ1n) is 6.09. The molecule has 0 radical (unpaired) electrons. The van der Waals surface area contributed by atoms with Crippen LogP contribution < -0.4 is 5.32 Å². The Hall–Kier alpha value is -2.36. The monoisotopic (exact) mass is 255 g/mol. The number of halogens is 1. The predicted octanol–water partition coefficient (Wildman–Crippen LogP) is 3.42. The maximum absolute atomic E-state index is 13.3. The van der Waals surface area contributed by atoms with Gasteiger partial charge < -0.3 is 9.88 Å². The Balaban J connectivity index is 2.22. The lowest BCUT2D eigenvalue weighted by Gasteiger charge is -2.03. The number of nitrogens with one attached hydrogen (secondary N) is 1. The van der Waals surface area contributed by atoms with Crippen molar-refractivity contribution in [2.75, 3.05) is 12.4 Å². The van der Waals surface area contributed by atoms with Crippen LogP contribution in [0.5, 0.6) is 0 Å². The average molecular weight is 255 g/mol. The van der Waals surface area contributed by atoms with Crippen molar-refractivity contribution < 1.29 is 4.39 Å². The van der Waals surface area contributed by atoms with Crippen molar-refractivity contribution in [2.24, 2.45) is 7.05 Å². The topological polar surface area (TPSA) is 29.9 Å². The minimum atomic E-state index is -0.250. The number of hydrogen-bond donors (Lipinski definition) is 1. The van der Waals surface area contributed by atoms with Crippen LogP contribution in [0.25, 0.3) is 22.4 Å². The maximum atomic E-state index is 13.3. The SMILES string of the molecule is CNc1ccc2nc(-c3cccc(F)c3)n(C)c2c1. The molecule has 3 nitrogen and oxygen atoms in total. The van der Waals surface area contributed by atoms with Crippen LogP contribution in [0.3, 0.4) is 0 Å². The van der Waals surface area contributed by atoms with Crippen LogP contribution in [0.1, 0.15) is 0 Å². The van der Waals surface area contributed by atoms with Gasteiger partial charge in [0.25, 0.3) is 0 Å². The van der Waals surface area contributed by atoms with E-state index in [0.717, 1.165) is 28.1 Å². The van der Waals surface area contributed by atoms with Gasteiger partial charge in [-0.2, -0.15) is 0 Å². The van der Waals surface area contributed by atoms with Crippen LogP contribution in [0.4, 0.5) is 10.1 Å². The summed E-state index contributed by atoms with van der Waals surface area (Å²) in [4.78, 5) is 4.57. The first-order chi connectivity index (χ1) is 9.19. The number of nitrogens with zero attached hydrogens (tertiary/aromatic N) is 2. The normalized spacial score (nSPS) is 10.9. The fraction of sp³-hybridized carbons (Fsp3) is 0.133.